The van der Waals surface area contributed by atoms with Crippen LogP contribution in [-0.4, -0.2) is 13.5 Å². The highest BCUT2D eigenvalue weighted by atomic mass is 35.5. The first-order valence-electron chi connectivity index (χ1n) is 5.92. The maximum absolute atomic E-state index is 12.4. The van der Waals surface area contributed by atoms with E-state index >= 15 is 0 Å². The summed E-state index contributed by atoms with van der Waals surface area (Å²) in [5.74, 6) is 0. The molecule has 2 N–H and O–H groups in total. The predicted molar refractivity (Wildman–Crippen MR) is 79.4 cm³/mol. The van der Waals surface area contributed by atoms with Gasteiger partial charge in [-0.25, -0.2) is 8.42 Å². The molecule has 0 radical (unpaired) electrons. The first kappa shape index (κ1) is 14.8. The van der Waals surface area contributed by atoms with Crippen LogP contribution in [0.15, 0.2) is 47.4 Å². The van der Waals surface area contributed by atoms with Crippen LogP contribution < -0.4 is 4.72 Å². The Balaban J connectivity index is 2.44. The summed E-state index contributed by atoms with van der Waals surface area (Å²) < 4.78 is 27.3. The minimum absolute atomic E-state index is 0.0573. The number of sulfonamides is 1. The average Bonchev–Trinajstić information content (AvgIpc) is 2.43. The summed E-state index contributed by atoms with van der Waals surface area (Å²) in [7, 11) is -3.76. The molecular formula is C14H14ClNO3S. The van der Waals surface area contributed by atoms with E-state index in [-0.39, 0.29) is 11.5 Å². The third-order valence-corrected chi connectivity index (χ3v) is 4.82. The second-order valence-electron chi connectivity index (χ2n) is 4.28. The topological polar surface area (TPSA) is 66.4 Å². The van der Waals surface area contributed by atoms with E-state index < -0.39 is 10.0 Å². The van der Waals surface area contributed by atoms with Gasteiger partial charge in [-0.3, -0.25) is 4.72 Å². The summed E-state index contributed by atoms with van der Waals surface area (Å²) in [5, 5.41) is 9.72. The van der Waals surface area contributed by atoms with Crippen molar-refractivity contribution in [3.05, 3.63) is 58.6 Å². The van der Waals surface area contributed by atoms with Gasteiger partial charge in [0.25, 0.3) is 10.0 Å². The molecule has 0 saturated carbocycles. The van der Waals surface area contributed by atoms with Crippen LogP contribution in [0.5, 0.6) is 0 Å². The Morgan fingerprint density at radius 1 is 1.15 bits per heavy atom. The van der Waals surface area contributed by atoms with E-state index in [0.717, 1.165) is 0 Å². The molecule has 0 spiro atoms. The van der Waals surface area contributed by atoms with E-state index in [1.165, 1.54) is 6.07 Å². The molecule has 106 valence electrons. The Bertz CT molecular complexity index is 729. The number of aliphatic hydroxyl groups is 1. The number of anilines is 1. The molecule has 0 aliphatic rings. The molecule has 0 saturated heterocycles. The zero-order chi connectivity index (χ0) is 14.8. The van der Waals surface area contributed by atoms with Crippen LogP contribution in [0.25, 0.3) is 0 Å². The first-order chi connectivity index (χ1) is 9.45. The molecule has 0 fully saturated rings. The lowest BCUT2D eigenvalue weighted by Crippen LogP contribution is -2.15. The highest BCUT2D eigenvalue weighted by Crippen LogP contribution is 2.26. The maximum Gasteiger partial charge on any atom is 0.262 e. The number of hydrogen-bond acceptors (Lipinski definition) is 3. The Morgan fingerprint density at radius 3 is 2.55 bits per heavy atom. The number of nitrogens with one attached hydrogen (secondary N) is 1. The van der Waals surface area contributed by atoms with Gasteiger partial charge in [0, 0.05) is 5.02 Å². The molecule has 0 aromatic heterocycles. The minimum atomic E-state index is -3.76. The third-order valence-electron chi connectivity index (χ3n) is 2.94. The third kappa shape index (κ3) is 2.95. The van der Waals surface area contributed by atoms with Crippen molar-refractivity contribution < 1.29 is 13.5 Å². The lowest BCUT2D eigenvalue weighted by molar-refractivity contribution is 0.278. The van der Waals surface area contributed by atoms with Crippen LogP contribution in [0.4, 0.5) is 5.69 Å². The van der Waals surface area contributed by atoms with Gasteiger partial charge in [-0.15, -0.1) is 0 Å². The van der Waals surface area contributed by atoms with Gasteiger partial charge in [-0.05, 0) is 36.2 Å². The number of rotatable bonds is 4. The standard InChI is InChI=1S/C14H14ClNO3S/c1-10-12(15)6-4-7-13(10)16-20(18,19)14-8-3-2-5-11(14)9-17/h2-8,16-17H,9H2,1H3. The molecule has 2 aromatic carbocycles. The van der Waals surface area contributed by atoms with Crippen molar-refractivity contribution in [3.63, 3.8) is 0 Å². The largest absolute Gasteiger partial charge is 0.392 e. The SMILES string of the molecule is Cc1c(Cl)cccc1NS(=O)(=O)c1ccccc1CO. The molecule has 20 heavy (non-hydrogen) atoms. The van der Waals surface area contributed by atoms with Crippen molar-refractivity contribution in [1.29, 1.82) is 0 Å². The Hall–Kier alpha value is -1.56. The molecular weight excluding hydrogens is 298 g/mol. The molecule has 0 amide bonds. The van der Waals surface area contributed by atoms with Gasteiger partial charge in [0.1, 0.15) is 0 Å². The van der Waals surface area contributed by atoms with Crippen molar-refractivity contribution in [2.24, 2.45) is 0 Å². The van der Waals surface area contributed by atoms with Crippen LogP contribution in [0.2, 0.25) is 5.02 Å². The van der Waals surface area contributed by atoms with Gasteiger partial charge in [0.2, 0.25) is 0 Å². The molecule has 0 atom stereocenters. The molecule has 0 unspecified atom stereocenters. The van der Waals surface area contributed by atoms with E-state index in [9.17, 15) is 13.5 Å². The number of halogens is 1. The second kappa shape index (κ2) is 5.83. The lowest BCUT2D eigenvalue weighted by Gasteiger charge is -2.13. The molecule has 6 heteroatoms. The molecule has 0 aliphatic carbocycles. The Labute approximate surface area is 123 Å². The van der Waals surface area contributed by atoms with Crippen LogP contribution in [0, 0.1) is 6.92 Å². The molecule has 0 bridgehead atoms. The summed E-state index contributed by atoms with van der Waals surface area (Å²) in [6, 6.07) is 11.3. The van der Waals surface area contributed by atoms with Crippen LogP contribution in [0.3, 0.4) is 0 Å². The molecule has 2 rings (SSSR count). The zero-order valence-corrected chi connectivity index (χ0v) is 12.4. The highest BCUT2D eigenvalue weighted by molar-refractivity contribution is 7.92. The van der Waals surface area contributed by atoms with Crippen molar-refractivity contribution >= 4 is 27.3 Å². The van der Waals surface area contributed by atoms with Crippen LogP contribution in [-0.2, 0) is 16.6 Å². The molecule has 4 nitrogen and oxygen atoms in total. The van der Waals surface area contributed by atoms with E-state index in [0.29, 0.717) is 21.8 Å². The van der Waals surface area contributed by atoms with Crippen LogP contribution in [0.1, 0.15) is 11.1 Å². The predicted octanol–water partition coefficient (Wildman–Crippen LogP) is 2.94. The van der Waals surface area contributed by atoms with Gasteiger partial charge in [0.05, 0.1) is 17.2 Å². The second-order valence-corrected chi connectivity index (χ2v) is 6.34. The minimum Gasteiger partial charge on any atom is -0.392 e. The number of aliphatic hydroxyl groups excluding tert-OH is 1. The normalized spacial score (nSPS) is 11.3. The summed E-state index contributed by atoms with van der Waals surface area (Å²) in [4.78, 5) is 0.0573. The lowest BCUT2D eigenvalue weighted by atomic mass is 10.2. The van der Waals surface area contributed by atoms with E-state index in [1.54, 1.807) is 43.3 Å². The monoisotopic (exact) mass is 311 g/mol. The van der Waals surface area contributed by atoms with Crippen molar-refractivity contribution in [2.45, 2.75) is 18.4 Å². The summed E-state index contributed by atoms with van der Waals surface area (Å²) in [6.07, 6.45) is 0. The summed E-state index contributed by atoms with van der Waals surface area (Å²) >= 11 is 5.97. The van der Waals surface area contributed by atoms with Gasteiger partial charge in [-0.2, -0.15) is 0 Å². The average molecular weight is 312 g/mol. The fraction of sp³-hybridized carbons (Fsp3) is 0.143. The maximum atomic E-state index is 12.4. The van der Waals surface area contributed by atoms with Gasteiger partial charge in [0.15, 0.2) is 0 Å². The van der Waals surface area contributed by atoms with Crippen molar-refractivity contribution in [3.8, 4) is 0 Å². The number of benzene rings is 2. The van der Waals surface area contributed by atoms with E-state index in [2.05, 4.69) is 4.72 Å². The molecule has 0 heterocycles. The fourth-order valence-electron chi connectivity index (χ4n) is 1.81. The highest BCUT2D eigenvalue weighted by Gasteiger charge is 2.18. The van der Waals surface area contributed by atoms with Gasteiger partial charge in [-0.1, -0.05) is 35.9 Å². The van der Waals surface area contributed by atoms with Crippen molar-refractivity contribution in [2.75, 3.05) is 4.72 Å². The first-order valence-corrected chi connectivity index (χ1v) is 7.78. The zero-order valence-electron chi connectivity index (χ0n) is 10.8. The smallest absolute Gasteiger partial charge is 0.262 e. The Morgan fingerprint density at radius 2 is 1.85 bits per heavy atom. The molecule has 0 aliphatic heterocycles. The van der Waals surface area contributed by atoms with Crippen molar-refractivity contribution in [1.82, 2.24) is 0 Å². The van der Waals surface area contributed by atoms with E-state index in [1.807, 2.05) is 0 Å². The summed E-state index contributed by atoms with van der Waals surface area (Å²) in [6.45, 7) is 1.39. The van der Waals surface area contributed by atoms with Gasteiger partial charge < -0.3 is 5.11 Å². The van der Waals surface area contributed by atoms with Crippen LogP contribution >= 0.6 is 11.6 Å². The fourth-order valence-corrected chi connectivity index (χ4v) is 3.35. The number of hydrogen-bond donors (Lipinski definition) is 2. The molecule has 2 aromatic rings. The van der Waals surface area contributed by atoms with Gasteiger partial charge >= 0.3 is 0 Å². The summed E-state index contributed by atoms with van der Waals surface area (Å²) in [5.41, 5.74) is 1.42. The quantitative estimate of drug-likeness (QED) is 0.912. The van der Waals surface area contributed by atoms with E-state index in [4.69, 9.17) is 11.6 Å². The Kier molecular flexibility index (Phi) is 4.32.